The number of piperidine rings is 1. The van der Waals surface area contributed by atoms with E-state index < -0.39 is 12.1 Å². The lowest BCUT2D eigenvalue weighted by molar-refractivity contribution is -0.138. The zero-order chi connectivity index (χ0) is 12.4. The van der Waals surface area contributed by atoms with Crippen molar-refractivity contribution in [3.63, 3.8) is 0 Å². The first kappa shape index (κ1) is 11.8. The van der Waals surface area contributed by atoms with Crippen molar-refractivity contribution in [2.45, 2.75) is 18.9 Å². The summed E-state index contributed by atoms with van der Waals surface area (Å²) in [6.45, 7) is 0.564. The summed E-state index contributed by atoms with van der Waals surface area (Å²) >= 11 is 0. The van der Waals surface area contributed by atoms with E-state index in [1.54, 1.807) is 0 Å². The molecule has 0 aromatic rings. The van der Waals surface area contributed by atoms with Crippen LogP contribution in [0.15, 0.2) is 0 Å². The molecule has 17 heavy (non-hydrogen) atoms. The van der Waals surface area contributed by atoms with Gasteiger partial charge in [-0.3, -0.25) is 14.5 Å². The van der Waals surface area contributed by atoms with Gasteiger partial charge in [-0.05, 0) is 12.8 Å². The first-order chi connectivity index (χ1) is 8.08. The summed E-state index contributed by atoms with van der Waals surface area (Å²) in [7, 11) is 0. The van der Waals surface area contributed by atoms with Crippen LogP contribution in [0.4, 0.5) is 4.79 Å². The molecule has 2 rings (SSSR count). The lowest BCUT2D eigenvalue weighted by Crippen LogP contribution is -2.47. The number of nitrogens with one attached hydrogen (secondary N) is 1. The van der Waals surface area contributed by atoms with E-state index in [-0.39, 0.29) is 31.4 Å². The van der Waals surface area contributed by atoms with Crippen LogP contribution < -0.4 is 5.32 Å². The second-order valence-electron chi connectivity index (χ2n) is 4.27. The summed E-state index contributed by atoms with van der Waals surface area (Å²) in [5, 5.41) is 11.8. The minimum Gasteiger partial charge on any atom is -0.391 e. The molecule has 2 saturated heterocycles. The molecule has 7 heteroatoms. The molecule has 2 aliphatic heterocycles. The molecule has 94 valence electrons. The van der Waals surface area contributed by atoms with Crippen molar-refractivity contribution in [2.75, 3.05) is 26.2 Å². The molecular formula is C10H15N3O4. The maximum Gasteiger partial charge on any atom is 0.325 e. The van der Waals surface area contributed by atoms with Gasteiger partial charge in [-0.2, -0.15) is 0 Å². The van der Waals surface area contributed by atoms with Crippen molar-refractivity contribution in [2.24, 2.45) is 0 Å². The first-order valence-electron chi connectivity index (χ1n) is 5.62. The van der Waals surface area contributed by atoms with Crippen LogP contribution in [0.25, 0.3) is 0 Å². The van der Waals surface area contributed by atoms with Gasteiger partial charge in [0.25, 0.3) is 5.91 Å². The molecule has 0 radical (unpaired) electrons. The average molecular weight is 241 g/mol. The van der Waals surface area contributed by atoms with Gasteiger partial charge in [0.05, 0.1) is 12.6 Å². The molecule has 2 heterocycles. The highest BCUT2D eigenvalue weighted by Crippen LogP contribution is 2.11. The van der Waals surface area contributed by atoms with Crippen molar-refractivity contribution in [1.82, 2.24) is 15.1 Å². The number of carbonyl (C=O) groups is 3. The Balaban J connectivity index is 1.92. The summed E-state index contributed by atoms with van der Waals surface area (Å²) in [5.74, 6) is -0.685. The van der Waals surface area contributed by atoms with E-state index in [2.05, 4.69) is 5.32 Å². The van der Waals surface area contributed by atoms with Crippen LogP contribution in [-0.4, -0.2) is 65.0 Å². The van der Waals surface area contributed by atoms with Gasteiger partial charge in [0.15, 0.2) is 0 Å². The first-order valence-corrected chi connectivity index (χ1v) is 5.62. The molecule has 0 aromatic heterocycles. The maximum atomic E-state index is 11.8. The van der Waals surface area contributed by atoms with E-state index in [1.807, 2.05) is 0 Å². The average Bonchev–Trinajstić information content (AvgIpc) is 2.61. The second kappa shape index (κ2) is 4.70. The van der Waals surface area contributed by atoms with Gasteiger partial charge in [-0.15, -0.1) is 0 Å². The Labute approximate surface area is 98.4 Å². The zero-order valence-electron chi connectivity index (χ0n) is 9.39. The molecule has 2 fully saturated rings. The fraction of sp³-hybridized carbons (Fsp3) is 0.700. The van der Waals surface area contributed by atoms with E-state index in [4.69, 9.17) is 0 Å². The number of amides is 4. The quantitative estimate of drug-likeness (QED) is 0.577. The van der Waals surface area contributed by atoms with Crippen LogP contribution in [0.1, 0.15) is 12.8 Å². The van der Waals surface area contributed by atoms with Gasteiger partial charge in [-0.25, -0.2) is 4.79 Å². The van der Waals surface area contributed by atoms with Crippen molar-refractivity contribution in [1.29, 1.82) is 0 Å². The van der Waals surface area contributed by atoms with Crippen LogP contribution in [0.3, 0.4) is 0 Å². The van der Waals surface area contributed by atoms with Crippen molar-refractivity contribution < 1.29 is 19.5 Å². The summed E-state index contributed by atoms with van der Waals surface area (Å²) < 4.78 is 0. The largest absolute Gasteiger partial charge is 0.391 e. The highest BCUT2D eigenvalue weighted by atomic mass is 16.3. The van der Waals surface area contributed by atoms with Crippen LogP contribution >= 0.6 is 0 Å². The van der Waals surface area contributed by atoms with Gasteiger partial charge < -0.3 is 15.3 Å². The molecule has 1 atom stereocenters. The highest BCUT2D eigenvalue weighted by molar-refractivity contribution is 6.04. The number of aliphatic hydroxyl groups is 1. The topological polar surface area (TPSA) is 90.0 Å². The molecular weight excluding hydrogens is 226 g/mol. The molecule has 0 saturated carbocycles. The lowest BCUT2D eigenvalue weighted by Gasteiger charge is -2.30. The lowest BCUT2D eigenvalue weighted by atomic mass is 10.1. The van der Waals surface area contributed by atoms with Gasteiger partial charge in [0.2, 0.25) is 5.91 Å². The summed E-state index contributed by atoms with van der Waals surface area (Å²) in [6, 6.07) is -0.527. The van der Waals surface area contributed by atoms with Crippen LogP contribution in [0.2, 0.25) is 0 Å². The number of hydrogen-bond donors (Lipinski definition) is 2. The second-order valence-corrected chi connectivity index (χ2v) is 4.27. The summed E-state index contributed by atoms with van der Waals surface area (Å²) in [5.41, 5.74) is 0. The Kier molecular flexibility index (Phi) is 3.28. The molecule has 7 nitrogen and oxygen atoms in total. The number of likely N-dealkylation sites (tertiary alicyclic amines) is 1. The fourth-order valence-electron chi connectivity index (χ4n) is 2.03. The molecule has 2 N–H and O–H groups in total. The van der Waals surface area contributed by atoms with Crippen LogP contribution in [0.5, 0.6) is 0 Å². The Hall–Kier alpha value is -1.63. The standard InChI is InChI=1S/C10H15N3O4/c14-7-2-1-3-12(5-7)9(16)6-13-8(15)4-11-10(13)17/h7,14H,1-6H2,(H,11,17)/t7-/m0/s1. The number of imide groups is 1. The molecule has 0 bridgehead atoms. The van der Waals surface area contributed by atoms with Gasteiger partial charge in [0.1, 0.15) is 6.54 Å². The van der Waals surface area contributed by atoms with Crippen molar-refractivity contribution >= 4 is 17.8 Å². The van der Waals surface area contributed by atoms with Gasteiger partial charge >= 0.3 is 6.03 Å². The van der Waals surface area contributed by atoms with Crippen molar-refractivity contribution in [3.05, 3.63) is 0 Å². The maximum absolute atomic E-state index is 11.8. The van der Waals surface area contributed by atoms with E-state index in [0.717, 1.165) is 11.3 Å². The number of aliphatic hydroxyl groups excluding tert-OH is 1. The van der Waals surface area contributed by atoms with E-state index in [0.29, 0.717) is 13.0 Å². The van der Waals surface area contributed by atoms with E-state index >= 15 is 0 Å². The third kappa shape index (κ3) is 2.55. The molecule has 0 aromatic carbocycles. The van der Waals surface area contributed by atoms with Gasteiger partial charge in [0, 0.05) is 13.1 Å². The Bertz CT molecular complexity index is 341. The monoisotopic (exact) mass is 241 g/mol. The van der Waals surface area contributed by atoms with Gasteiger partial charge in [-0.1, -0.05) is 0 Å². The molecule has 4 amide bonds. The number of rotatable bonds is 2. The molecule has 0 spiro atoms. The normalized spacial score (nSPS) is 25.1. The predicted molar refractivity (Wildman–Crippen MR) is 56.9 cm³/mol. The number of carbonyl (C=O) groups excluding carboxylic acids is 3. The summed E-state index contributed by atoms with van der Waals surface area (Å²) in [4.78, 5) is 36.8. The van der Waals surface area contributed by atoms with Crippen LogP contribution in [0, 0.1) is 0 Å². The highest BCUT2D eigenvalue weighted by Gasteiger charge is 2.32. The van der Waals surface area contributed by atoms with Crippen molar-refractivity contribution in [3.8, 4) is 0 Å². The van der Waals surface area contributed by atoms with E-state index in [9.17, 15) is 19.5 Å². The minimum atomic E-state index is -0.527. The number of nitrogens with zero attached hydrogens (tertiary/aromatic N) is 2. The molecule has 0 unspecified atom stereocenters. The smallest absolute Gasteiger partial charge is 0.325 e. The Morgan fingerprint density at radius 1 is 1.47 bits per heavy atom. The van der Waals surface area contributed by atoms with E-state index in [1.165, 1.54) is 4.90 Å². The Morgan fingerprint density at radius 3 is 2.82 bits per heavy atom. The van der Waals surface area contributed by atoms with Crippen LogP contribution in [-0.2, 0) is 9.59 Å². The Morgan fingerprint density at radius 2 is 2.24 bits per heavy atom. The predicted octanol–water partition coefficient (Wildman–Crippen LogP) is -1.48. The molecule has 2 aliphatic rings. The summed E-state index contributed by atoms with van der Waals surface area (Å²) in [6.07, 6.45) is 0.927. The third-order valence-electron chi connectivity index (χ3n) is 2.98. The minimum absolute atomic E-state index is 0.0469. The number of β-amino-alcohol motifs (C(OH)–C–C–N with tert-alkyl or cyclic N) is 1. The fourth-order valence-corrected chi connectivity index (χ4v) is 2.03. The zero-order valence-corrected chi connectivity index (χ0v) is 9.39. The SMILES string of the molecule is O=C(CN1C(=O)CNC1=O)N1CCC[C@H](O)C1. The number of urea groups is 1. The molecule has 0 aliphatic carbocycles. The number of hydrogen-bond acceptors (Lipinski definition) is 4. The third-order valence-corrected chi connectivity index (χ3v) is 2.98.